The second-order valence-corrected chi connectivity index (χ2v) is 7.27. The number of carboxylic acid groups (broad SMARTS) is 1. The summed E-state index contributed by atoms with van der Waals surface area (Å²) in [5.41, 5.74) is 6.50. The van der Waals surface area contributed by atoms with E-state index < -0.39 is 13.1 Å². The zero-order valence-corrected chi connectivity index (χ0v) is 14.0. The number of aryl methyl sites for hydroxylation is 1. The number of rotatable bonds is 5. The highest BCUT2D eigenvalue weighted by Crippen LogP contribution is 2.37. The molecule has 0 radical (unpaired) electrons. The van der Waals surface area contributed by atoms with Crippen LogP contribution in [-0.4, -0.2) is 59.4 Å². The van der Waals surface area contributed by atoms with E-state index in [-0.39, 0.29) is 28.7 Å². The standard InChI is InChI=1S/C16H23BN2O5/c1-16(2,18)9-19-7-11(8-19)23-12-4-3-10-5-6-17(22)24-14(10)13(12)15(20)21/h3-4,11,22H,5-9,18H2,1-2H3,(H,20,21). The fourth-order valence-corrected chi connectivity index (χ4v) is 3.20. The van der Waals surface area contributed by atoms with Gasteiger partial charge in [0.1, 0.15) is 23.2 Å². The molecule has 0 aliphatic carbocycles. The van der Waals surface area contributed by atoms with Crippen LogP contribution in [0.3, 0.4) is 0 Å². The van der Waals surface area contributed by atoms with Gasteiger partial charge in [0.25, 0.3) is 0 Å². The largest absolute Gasteiger partial charge is 0.535 e. The number of hydrogen-bond acceptors (Lipinski definition) is 6. The third-order valence-corrected chi connectivity index (χ3v) is 4.18. The SMILES string of the molecule is CC(C)(N)CN1CC(Oc2ccc3c(c2C(=O)O)OB(O)CC3)C1. The highest BCUT2D eigenvalue weighted by molar-refractivity contribution is 6.44. The first-order valence-corrected chi connectivity index (χ1v) is 8.15. The summed E-state index contributed by atoms with van der Waals surface area (Å²) in [6.45, 7) is 6.12. The van der Waals surface area contributed by atoms with Crippen molar-refractivity contribution in [2.75, 3.05) is 19.6 Å². The molecule has 0 aromatic heterocycles. The number of fused-ring (bicyclic) bond motifs is 1. The van der Waals surface area contributed by atoms with E-state index in [2.05, 4.69) is 4.90 Å². The number of benzene rings is 1. The normalized spacial score (nSPS) is 18.6. The lowest BCUT2D eigenvalue weighted by atomic mass is 9.78. The van der Waals surface area contributed by atoms with Crippen molar-refractivity contribution in [1.82, 2.24) is 4.90 Å². The summed E-state index contributed by atoms with van der Waals surface area (Å²) in [7, 11) is -0.975. The summed E-state index contributed by atoms with van der Waals surface area (Å²) in [4.78, 5) is 13.8. The molecule has 7 nitrogen and oxygen atoms in total. The predicted molar refractivity (Wildman–Crippen MR) is 89.6 cm³/mol. The van der Waals surface area contributed by atoms with E-state index in [1.807, 2.05) is 19.9 Å². The van der Waals surface area contributed by atoms with Gasteiger partial charge in [0.15, 0.2) is 0 Å². The van der Waals surface area contributed by atoms with E-state index in [1.54, 1.807) is 6.07 Å². The van der Waals surface area contributed by atoms with Crippen LogP contribution >= 0.6 is 0 Å². The van der Waals surface area contributed by atoms with Crippen LogP contribution in [0.1, 0.15) is 29.8 Å². The van der Waals surface area contributed by atoms with Gasteiger partial charge in [-0.3, -0.25) is 4.90 Å². The van der Waals surface area contributed by atoms with Crippen LogP contribution in [0, 0.1) is 0 Å². The molecule has 4 N–H and O–H groups in total. The van der Waals surface area contributed by atoms with Crippen LogP contribution in [0.4, 0.5) is 0 Å². The molecule has 1 aromatic rings. The molecule has 8 heteroatoms. The highest BCUT2D eigenvalue weighted by Gasteiger charge is 2.34. The molecular weight excluding hydrogens is 311 g/mol. The summed E-state index contributed by atoms with van der Waals surface area (Å²) in [6, 6.07) is 3.49. The molecule has 0 bridgehead atoms. The number of nitrogens with two attached hydrogens (primary N) is 1. The molecule has 1 aromatic carbocycles. The predicted octanol–water partition coefficient (Wildman–Crippen LogP) is 0.600. The van der Waals surface area contributed by atoms with Crippen molar-refractivity contribution >= 4 is 13.1 Å². The molecule has 1 saturated heterocycles. The first-order chi connectivity index (χ1) is 11.2. The van der Waals surface area contributed by atoms with Crippen LogP contribution in [0.5, 0.6) is 11.5 Å². The van der Waals surface area contributed by atoms with Gasteiger partial charge in [0.2, 0.25) is 0 Å². The summed E-state index contributed by atoms with van der Waals surface area (Å²) in [5, 5.41) is 19.2. The minimum Gasteiger partial charge on any atom is -0.535 e. The number of ether oxygens (including phenoxy) is 1. The number of carboxylic acids is 1. The minimum absolute atomic E-state index is 0.0103. The van der Waals surface area contributed by atoms with Crippen LogP contribution in [-0.2, 0) is 6.42 Å². The molecule has 2 aliphatic rings. The van der Waals surface area contributed by atoms with Crippen molar-refractivity contribution < 1.29 is 24.3 Å². The van der Waals surface area contributed by atoms with Crippen LogP contribution in [0.25, 0.3) is 0 Å². The van der Waals surface area contributed by atoms with Crippen LogP contribution in [0.15, 0.2) is 12.1 Å². The molecule has 130 valence electrons. The Labute approximate surface area is 141 Å². The van der Waals surface area contributed by atoms with Crippen molar-refractivity contribution in [2.24, 2.45) is 5.73 Å². The Morgan fingerprint density at radius 1 is 1.50 bits per heavy atom. The number of carbonyl (C=O) groups is 1. The van der Waals surface area contributed by atoms with Crippen molar-refractivity contribution in [3.05, 3.63) is 23.3 Å². The molecule has 24 heavy (non-hydrogen) atoms. The van der Waals surface area contributed by atoms with Crippen LogP contribution < -0.4 is 15.1 Å². The average molecular weight is 334 g/mol. The van der Waals surface area contributed by atoms with Gasteiger partial charge in [-0.15, -0.1) is 0 Å². The Balaban J connectivity index is 1.73. The fourth-order valence-electron chi connectivity index (χ4n) is 3.20. The molecule has 2 heterocycles. The lowest BCUT2D eigenvalue weighted by Crippen LogP contribution is -2.59. The quantitative estimate of drug-likeness (QED) is 0.677. The second kappa shape index (κ2) is 6.27. The first kappa shape index (κ1) is 17.1. The van der Waals surface area contributed by atoms with Crippen molar-refractivity contribution in [3.63, 3.8) is 0 Å². The lowest BCUT2D eigenvalue weighted by molar-refractivity contribution is 0.00881. The number of hydrogen-bond donors (Lipinski definition) is 3. The lowest BCUT2D eigenvalue weighted by Gasteiger charge is -2.42. The molecule has 1 fully saturated rings. The van der Waals surface area contributed by atoms with Crippen molar-refractivity contribution in [3.8, 4) is 11.5 Å². The smallest absolute Gasteiger partial charge is 0.522 e. The van der Waals surface area contributed by atoms with Gasteiger partial charge < -0.3 is 25.3 Å². The Kier molecular flexibility index (Phi) is 4.46. The van der Waals surface area contributed by atoms with Crippen LogP contribution in [0.2, 0.25) is 6.32 Å². The van der Waals surface area contributed by atoms with Crippen molar-refractivity contribution in [2.45, 2.75) is 38.2 Å². The van der Waals surface area contributed by atoms with E-state index in [4.69, 9.17) is 15.1 Å². The average Bonchev–Trinajstić information content (AvgIpc) is 2.42. The summed E-state index contributed by atoms with van der Waals surface area (Å²) in [6.07, 6.45) is 0.968. The van der Waals surface area contributed by atoms with E-state index in [1.165, 1.54) is 0 Å². The van der Waals surface area contributed by atoms with Gasteiger partial charge >= 0.3 is 13.1 Å². The van der Waals surface area contributed by atoms with Gasteiger partial charge in [-0.25, -0.2) is 4.79 Å². The second-order valence-electron chi connectivity index (χ2n) is 7.27. The summed E-state index contributed by atoms with van der Waals surface area (Å²) >= 11 is 0. The molecule has 0 saturated carbocycles. The van der Waals surface area contributed by atoms with Crippen molar-refractivity contribution in [1.29, 1.82) is 0 Å². The van der Waals surface area contributed by atoms with E-state index >= 15 is 0 Å². The summed E-state index contributed by atoms with van der Waals surface area (Å²) in [5.74, 6) is -0.611. The maximum Gasteiger partial charge on any atom is 0.522 e. The summed E-state index contributed by atoms with van der Waals surface area (Å²) < 4.78 is 11.2. The Morgan fingerprint density at radius 2 is 2.21 bits per heavy atom. The fraction of sp³-hybridized carbons (Fsp3) is 0.562. The van der Waals surface area contributed by atoms with E-state index in [9.17, 15) is 14.9 Å². The van der Waals surface area contributed by atoms with E-state index in [0.717, 1.165) is 12.1 Å². The Morgan fingerprint density at radius 3 is 2.83 bits per heavy atom. The zero-order chi connectivity index (χ0) is 17.5. The van der Waals surface area contributed by atoms with Gasteiger partial charge in [0, 0.05) is 25.2 Å². The minimum atomic E-state index is -1.12. The molecular formula is C16H23BN2O5. The van der Waals surface area contributed by atoms with Gasteiger partial charge in [-0.05, 0) is 38.2 Å². The third-order valence-electron chi connectivity index (χ3n) is 4.18. The van der Waals surface area contributed by atoms with Gasteiger partial charge in [-0.2, -0.15) is 0 Å². The third kappa shape index (κ3) is 3.66. The number of aromatic carboxylic acids is 1. The number of nitrogens with zero attached hydrogens (tertiary/aromatic N) is 1. The molecule has 2 aliphatic heterocycles. The topological polar surface area (TPSA) is 105 Å². The molecule has 0 unspecified atom stereocenters. The molecule has 0 spiro atoms. The molecule has 0 atom stereocenters. The molecule has 3 rings (SSSR count). The maximum absolute atomic E-state index is 11.7. The Bertz CT molecular complexity index is 640. The maximum atomic E-state index is 11.7. The Hall–Kier alpha value is -1.77. The number of likely N-dealkylation sites (tertiary alicyclic amines) is 1. The molecule has 0 amide bonds. The zero-order valence-electron chi connectivity index (χ0n) is 14.0. The van der Waals surface area contributed by atoms with Gasteiger partial charge in [-0.1, -0.05) is 6.07 Å². The van der Waals surface area contributed by atoms with E-state index in [0.29, 0.717) is 25.8 Å². The van der Waals surface area contributed by atoms with Gasteiger partial charge in [0.05, 0.1) is 0 Å². The highest BCUT2D eigenvalue weighted by atomic mass is 16.5. The first-order valence-electron chi connectivity index (χ1n) is 8.15. The monoisotopic (exact) mass is 334 g/mol.